The summed E-state index contributed by atoms with van der Waals surface area (Å²) < 4.78 is 2.47. The molecule has 40 heavy (non-hydrogen) atoms. The number of aryl methyl sites for hydroxylation is 3. The fraction of sp³-hybridized carbons (Fsp3) is 0.314. The highest BCUT2D eigenvalue weighted by Gasteiger charge is 2.28. The van der Waals surface area contributed by atoms with E-state index in [1.807, 2.05) is 6.20 Å². The van der Waals surface area contributed by atoms with Gasteiger partial charge < -0.3 is 4.40 Å². The van der Waals surface area contributed by atoms with Crippen LogP contribution in [-0.2, 0) is 10.8 Å². The molecule has 0 saturated heterocycles. The summed E-state index contributed by atoms with van der Waals surface area (Å²) in [5.41, 5.74) is 8.98. The SMILES string of the molecule is Cc1cc(C)c2c(c1)c1nccc3cc(-c4nc(C(C)(C)C)nc(C(C)(C)C)n4)c4c5ccc(C)cc5n2c4c31. The van der Waals surface area contributed by atoms with Crippen molar-refractivity contribution < 1.29 is 0 Å². The minimum absolute atomic E-state index is 0.213. The molecule has 0 bridgehead atoms. The minimum Gasteiger partial charge on any atom is -0.308 e. The van der Waals surface area contributed by atoms with Crippen molar-refractivity contribution in [3.8, 4) is 11.4 Å². The fourth-order valence-corrected chi connectivity index (χ4v) is 6.20. The first-order valence-electron chi connectivity index (χ1n) is 14.1. The summed E-state index contributed by atoms with van der Waals surface area (Å²) in [7, 11) is 0. The van der Waals surface area contributed by atoms with Gasteiger partial charge in [0.25, 0.3) is 0 Å². The first-order chi connectivity index (χ1) is 18.8. The van der Waals surface area contributed by atoms with Gasteiger partial charge in [-0.25, -0.2) is 15.0 Å². The molecule has 0 atom stereocenters. The summed E-state index contributed by atoms with van der Waals surface area (Å²) in [6.07, 6.45) is 1.94. The van der Waals surface area contributed by atoms with E-state index in [1.165, 1.54) is 54.8 Å². The molecule has 0 radical (unpaired) electrons. The molecule has 7 rings (SSSR count). The molecule has 5 heteroatoms. The van der Waals surface area contributed by atoms with Gasteiger partial charge in [-0.2, -0.15) is 0 Å². The lowest BCUT2D eigenvalue weighted by atomic mass is 9.92. The Morgan fingerprint density at radius 1 is 0.650 bits per heavy atom. The quantitative estimate of drug-likeness (QED) is 0.159. The molecule has 200 valence electrons. The van der Waals surface area contributed by atoms with Gasteiger partial charge in [0, 0.05) is 44.1 Å². The van der Waals surface area contributed by atoms with Crippen molar-refractivity contribution in [2.24, 2.45) is 0 Å². The maximum absolute atomic E-state index is 5.15. The van der Waals surface area contributed by atoms with Crippen LogP contribution in [0.15, 0.2) is 48.7 Å². The predicted molar refractivity (Wildman–Crippen MR) is 167 cm³/mol. The van der Waals surface area contributed by atoms with Gasteiger partial charge in [-0.05, 0) is 61.5 Å². The highest BCUT2D eigenvalue weighted by Crippen LogP contribution is 2.45. The summed E-state index contributed by atoms with van der Waals surface area (Å²) in [4.78, 5) is 20.2. The summed E-state index contributed by atoms with van der Waals surface area (Å²) in [5, 5.41) is 5.90. The number of rotatable bonds is 1. The van der Waals surface area contributed by atoms with Crippen LogP contribution in [0.4, 0.5) is 0 Å². The Hall–Kier alpha value is -4.12. The van der Waals surface area contributed by atoms with Crippen LogP contribution >= 0.6 is 0 Å². The molecule has 0 fully saturated rings. The van der Waals surface area contributed by atoms with Crippen LogP contribution in [0.1, 0.15) is 69.9 Å². The van der Waals surface area contributed by atoms with Gasteiger partial charge in [0.2, 0.25) is 0 Å². The summed E-state index contributed by atoms with van der Waals surface area (Å²) >= 11 is 0. The normalized spacial score (nSPS) is 13.1. The van der Waals surface area contributed by atoms with Crippen LogP contribution in [0, 0.1) is 20.8 Å². The molecule has 5 nitrogen and oxygen atoms in total. The van der Waals surface area contributed by atoms with E-state index in [1.54, 1.807) is 0 Å². The van der Waals surface area contributed by atoms with Crippen molar-refractivity contribution in [2.45, 2.75) is 73.1 Å². The standard InChI is InChI=1S/C35H35N5/c1-18-10-11-22-25(16-18)40-29-20(3)14-19(2)15-24(29)28-26-21(12-13-36-28)17-23(27(22)30(26)40)31-37-32(34(4,5)6)39-33(38-31)35(7,8)9/h10-17H,1-9H3. The van der Waals surface area contributed by atoms with E-state index in [0.717, 1.165) is 33.9 Å². The van der Waals surface area contributed by atoms with Crippen LogP contribution in [-0.4, -0.2) is 24.3 Å². The second-order valence-electron chi connectivity index (χ2n) is 13.5. The minimum atomic E-state index is -0.213. The number of pyridine rings is 2. The molecule has 0 N–H and O–H groups in total. The third kappa shape index (κ3) is 3.46. The Balaban J connectivity index is 1.77. The number of aromatic nitrogens is 5. The second kappa shape index (κ2) is 7.97. The molecule has 0 unspecified atom stereocenters. The zero-order valence-corrected chi connectivity index (χ0v) is 24.9. The molecular weight excluding hydrogens is 490 g/mol. The van der Waals surface area contributed by atoms with E-state index < -0.39 is 0 Å². The third-order valence-electron chi connectivity index (χ3n) is 8.05. The smallest absolute Gasteiger partial charge is 0.164 e. The molecule has 0 aliphatic rings. The van der Waals surface area contributed by atoms with Crippen LogP contribution < -0.4 is 0 Å². The monoisotopic (exact) mass is 525 g/mol. The van der Waals surface area contributed by atoms with E-state index in [4.69, 9.17) is 19.9 Å². The second-order valence-corrected chi connectivity index (χ2v) is 13.5. The van der Waals surface area contributed by atoms with Crippen LogP contribution in [0.25, 0.3) is 60.4 Å². The highest BCUT2D eigenvalue weighted by molar-refractivity contribution is 6.30. The first-order valence-corrected chi connectivity index (χ1v) is 14.1. The van der Waals surface area contributed by atoms with Crippen LogP contribution in [0.2, 0.25) is 0 Å². The number of hydrogen-bond acceptors (Lipinski definition) is 4. The molecule has 4 heterocycles. The van der Waals surface area contributed by atoms with Crippen molar-refractivity contribution in [2.75, 3.05) is 0 Å². The molecule has 0 amide bonds. The molecule has 4 aromatic heterocycles. The van der Waals surface area contributed by atoms with Gasteiger partial charge in [-0.3, -0.25) is 4.98 Å². The molecule has 0 aliphatic heterocycles. The molecular formula is C35H35N5. The van der Waals surface area contributed by atoms with E-state index in [-0.39, 0.29) is 10.8 Å². The lowest BCUT2D eigenvalue weighted by Gasteiger charge is -2.23. The molecule has 7 aromatic rings. The Morgan fingerprint density at radius 3 is 2.02 bits per heavy atom. The summed E-state index contributed by atoms with van der Waals surface area (Å²) in [6, 6.07) is 15.7. The van der Waals surface area contributed by atoms with Crippen LogP contribution in [0.3, 0.4) is 0 Å². The molecule has 0 spiro atoms. The molecule has 0 saturated carbocycles. The predicted octanol–water partition coefficient (Wildman–Crippen LogP) is 8.76. The van der Waals surface area contributed by atoms with Gasteiger partial charge in [-0.1, -0.05) is 65.3 Å². The Morgan fingerprint density at radius 2 is 1.35 bits per heavy atom. The average molecular weight is 526 g/mol. The van der Waals surface area contributed by atoms with Crippen molar-refractivity contribution in [3.63, 3.8) is 0 Å². The van der Waals surface area contributed by atoms with Gasteiger partial charge >= 0.3 is 0 Å². The van der Waals surface area contributed by atoms with Gasteiger partial charge in [-0.15, -0.1) is 0 Å². The topological polar surface area (TPSA) is 56.0 Å². The van der Waals surface area contributed by atoms with Gasteiger partial charge in [0.15, 0.2) is 5.82 Å². The number of hydrogen-bond donors (Lipinski definition) is 0. The Labute approximate surface area is 234 Å². The zero-order valence-electron chi connectivity index (χ0n) is 24.9. The maximum Gasteiger partial charge on any atom is 0.164 e. The average Bonchev–Trinajstić information content (AvgIpc) is 3.20. The summed E-state index contributed by atoms with van der Waals surface area (Å²) in [6.45, 7) is 19.6. The molecule has 3 aromatic carbocycles. The lowest BCUT2D eigenvalue weighted by molar-refractivity contribution is 0.497. The Kier molecular flexibility index (Phi) is 4.96. The number of fused-ring (bicyclic) bond motifs is 6. The Bertz CT molecular complexity index is 2120. The van der Waals surface area contributed by atoms with E-state index >= 15 is 0 Å². The molecule has 0 aliphatic carbocycles. The van der Waals surface area contributed by atoms with E-state index in [0.29, 0.717) is 0 Å². The van der Waals surface area contributed by atoms with E-state index in [2.05, 4.69) is 109 Å². The van der Waals surface area contributed by atoms with Crippen molar-refractivity contribution in [1.82, 2.24) is 24.3 Å². The number of nitrogens with zero attached hydrogens (tertiary/aromatic N) is 5. The first kappa shape index (κ1) is 24.9. The lowest BCUT2D eigenvalue weighted by Crippen LogP contribution is -2.24. The maximum atomic E-state index is 5.15. The fourth-order valence-electron chi connectivity index (χ4n) is 6.20. The zero-order chi connectivity index (χ0) is 28.3. The van der Waals surface area contributed by atoms with Crippen LogP contribution in [0.5, 0.6) is 0 Å². The third-order valence-corrected chi connectivity index (χ3v) is 8.05. The van der Waals surface area contributed by atoms with Crippen molar-refractivity contribution >= 4 is 49.0 Å². The highest BCUT2D eigenvalue weighted by atomic mass is 15.1. The van der Waals surface area contributed by atoms with Crippen molar-refractivity contribution in [1.29, 1.82) is 0 Å². The van der Waals surface area contributed by atoms with E-state index in [9.17, 15) is 0 Å². The number of benzene rings is 3. The van der Waals surface area contributed by atoms with Crippen molar-refractivity contribution in [3.05, 3.63) is 77.0 Å². The van der Waals surface area contributed by atoms with Gasteiger partial charge in [0.05, 0.1) is 22.1 Å². The van der Waals surface area contributed by atoms with Gasteiger partial charge in [0.1, 0.15) is 11.6 Å². The largest absolute Gasteiger partial charge is 0.308 e. The summed E-state index contributed by atoms with van der Waals surface area (Å²) in [5.74, 6) is 2.36.